The molecule has 0 saturated heterocycles. The zero-order valence-corrected chi connectivity index (χ0v) is 19.4. The van der Waals surface area contributed by atoms with E-state index in [2.05, 4.69) is 19.8 Å². The minimum Gasteiger partial charge on any atom is -0.480 e. The Hall–Kier alpha value is -4.73. The molecule has 0 aliphatic heterocycles. The Kier molecular flexibility index (Phi) is 6.67. The average molecular weight is 514 g/mol. The highest BCUT2D eigenvalue weighted by atomic mass is 19.4. The van der Waals surface area contributed by atoms with Crippen molar-refractivity contribution in [2.75, 3.05) is 12.8 Å². The Morgan fingerprint density at radius 3 is 2.68 bits per heavy atom. The van der Waals surface area contributed by atoms with E-state index >= 15 is 0 Å². The number of nitriles is 1. The monoisotopic (exact) mass is 514 g/mol. The number of alkyl halides is 3. The molecule has 3 heterocycles. The summed E-state index contributed by atoms with van der Waals surface area (Å²) in [5, 5.41) is 13.8. The largest absolute Gasteiger partial charge is 0.573 e. The van der Waals surface area contributed by atoms with Crippen LogP contribution in [-0.2, 0) is 0 Å². The van der Waals surface area contributed by atoms with Crippen LogP contribution in [0.1, 0.15) is 40.7 Å². The lowest BCUT2D eigenvalue weighted by Gasteiger charge is -2.16. The zero-order chi connectivity index (χ0) is 26.9. The van der Waals surface area contributed by atoms with E-state index in [0.29, 0.717) is 16.8 Å². The predicted octanol–water partition coefficient (Wildman–Crippen LogP) is 4.67. The summed E-state index contributed by atoms with van der Waals surface area (Å²) in [5.74, 6) is -2.62. The van der Waals surface area contributed by atoms with E-state index in [1.54, 1.807) is 0 Å². The van der Waals surface area contributed by atoms with E-state index in [0.717, 1.165) is 18.2 Å². The van der Waals surface area contributed by atoms with Crippen molar-refractivity contribution in [1.82, 2.24) is 19.6 Å². The van der Waals surface area contributed by atoms with Crippen molar-refractivity contribution in [3.05, 3.63) is 65.4 Å². The maximum atomic E-state index is 14.4. The minimum absolute atomic E-state index is 0.0239. The number of ketones is 1. The normalized spacial score (nSPS) is 12.2. The van der Waals surface area contributed by atoms with E-state index in [4.69, 9.17) is 10.5 Å². The highest BCUT2D eigenvalue weighted by molar-refractivity contribution is 5.99. The van der Waals surface area contributed by atoms with Gasteiger partial charge in [0.2, 0.25) is 5.88 Å². The molecule has 3 aromatic heterocycles. The molecule has 1 atom stereocenters. The molecule has 37 heavy (non-hydrogen) atoms. The molecule has 4 aromatic rings. The highest BCUT2D eigenvalue weighted by Crippen LogP contribution is 2.33. The summed E-state index contributed by atoms with van der Waals surface area (Å²) < 4.78 is 62.7. The van der Waals surface area contributed by atoms with Crippen LogP contribution >= 0.6 is 0 Å². The summed E-state index contributed by atoms with van der Waals surface area (Å²) in [5.41, 5.74) is 7.02. The Labute approximate surface area is 207 Å². The van der Waals surface area contributed by atoms with Crippen molar-refractivity contribution in [3.63, 3.8) is 0 Å². The molecule has 0 radical (unpaired) electrons. The molecule has 0 fully saturated rings. The quantitative estimate of drug-likeness (QED) is 0.278. The van der Waals surface area contributed by atoms with Crippen LogP contribution in [0.25, 0.3) is 16.8 Å². The molecule has 0 amide bonds. The van der Waals surface area contributed by atoms with Crippen molar-refractivity contribution >= 4 is 17.1 Å². The second-order valence-corrected chi connectivity index (χ2v) is 8.00. The summed E-state index contributed by atoms with van der Waals surface area (Å²) in [6.45, 7) is 1.49. The number of hydrogen-bond donors (Lipinski definition) is 1. The van der Waals surface area contributed by atoms with Crippen molar-refractivity contribution in [2.24, 2.45) is 0 Å². The molecule has 0 unspecified atom stereocenters. The summed E-state index contributed by atoms with van der Waals surface area (Å²) in [6.07, 6.45) is -2.64. The van der Waals surface area contributed by atoms with Crippen molar-refractivity contribution in [3.8, 4) is 29.0 Å². The molecule has 4 rings (SSSR count). The summed E-state index contributed by atoms with van der Waals surface area (Å²) >= 11 is 0. The molecule has 0 bridgehead atoms. The van der Waals surface area contributed by atoms with Crippen LogP contribution in [0.4, 0.5) is 23.4 Å². The summed E-state index contributed by atoms with van der Waals surface area (Å²) in [4.78, 5) is 21.3. The first-order valence-electron chi connectivity index (χ1n) is 10.7. The topological polar surface area (TPSA) is 128 Å². The van der Waals surface area contributed by atoms with Crippen molar-refractivity contribution in [2.45, 2.75) is 25.6 Å². The lowest BCUT2D eigenvalue weighted by molar-refractivity contribution is -0.274. The van der Waals surface area contributed by atoms with Gasteiger partial charge in [-0.05, 0) is 41.8 Å². The number of rotatable bonds is 7. The maximum absolute atomic E-state index is 14.4. The molecule has 0 aliphatic rings. The number of carbonyl (C=O) groups excluding carboxylic acids is 1. The smallest absolute Gasteiger partial charge is 0.480 e. The van der Waals surface area contributed by atoms with Gasteiger partial charge in [0.1, 0.15) is 29.5 Å². The molecular formula is C24H18F4N6O3. The summed E-state index contributed by atoms with van der Waals surface area (Å²) in [6, 6.07) is 7.59. The van der Waals surface area contributed by atoms with Gasteiger partial charge < -0.3 is 15.2 Å². The van der Waals surface area contributed by atoms with Crippen LogP contribution in [-0.4, -0.2) is 38.8 Å². The highest BCUT2D eigenvalue weighted by Gasteiger charge is 2.32. The van der Waals surface area contributed by atoms with Gasteiger partial charge in [-0.15, -0.1) is 13.2 Å². The van der Waals surface area contributed by atoms with E-state index in [-0.39, 0.29) is 34.8 Å². The van der Waals surface area contributed by atoms with E-state index in [1.165, 1.54) is 43.2 Å². The average Bonchev–Trinajstić information content (AvgIpc) is 3.24. The number of hydrogen-bond acceptors (Lipinski definition) is 8. The molecule has 0 aliphatic carbocycles. The van der Waals surface area contributed by atoms with Gasteiger partial charge in [0.15, 0.2) is 11.6 Å². The number of pyridine rings is 1. The molecule has 13 heteroatoms. The van der Waals surface area contributed by atoms with Crippen LogP contribution in [0.2, 0.25) is 0 Å². The summed E-state index contributed by atoms with van der Waals surface area (Å²) in [7, 11) is 1.31. The first kappa shape index (κ1) is 25.4. The van der Waals surface area contributed by atoms with Gasteiger partial charge in [0.05, 0.1) is 23.9 Å². The van der Waals surface area contributed by atoms with Crippen LogP contribution in [0.3, 0.4) is 0 Å². The van der Waals surface area contributed by atoms with Gasteiger partial charge >= 0.3 is 6.36 Å². The number of fused-ring (bicyclic) bond motifs is 1. The lowest BCUT2D eigenvalue weighted by atomic mass is 9.92. The predicted molar refractivity (Wildman–Crippen MR) is 122 cm³/mol. The number of ether oxygens (including phenoxy) is 2. The fraction of sp³-hybridized carbons (Fsp3) is 0.208. The number of nitrogen functional groups attached to an aromatic ring is 1. The Morgan fingerprint density at radius 1 is 1.24 bits per heavy atom. The molecule has 0 spiro atoms. The fourth-order valence-electron chi connectivity index (χ4n) is 3.91. The third kappa shape index (κ3) is 5.13. The number of methoxy groups -OCH3 is 1. The first-order chi connectivity index (χ1) is 17.5. The fourth-order valence-corrected chi connectivity index (χ4v) is 3.91. The van der Waals surface area contributed by atoms with Gasteiger partial charge in [-0.3, -0.25) is 4.79 Å². The third-order valence-corrected chi connectivity index (χ3v) is 5.56. The standard InChI is InChI=1S/C24H18F4N6O3/c1-12(16-8-15(3-4-18(16)25)37-24(26,27)28)5-20(35)17-6-14(10-31-23(17)36-2)21-13(9-29)7-19-22(30)32-11-33-34(19)21/h3-4,6-8,10-12H,5H2,1-2H3,(H2,30,32,33)/t12-/m0/s1. The van der Waals surface area contributed by atoms with E-state index in [9.17, 15) is 27.6 Å². The van der Waals surface area contributed by atoms with Crippen LogP contribution in [0, 0.1) is 17.1 Å². The second kappa shape index (κ2) is 9.73. The van der Waals surface area contributed by atoms with Gasteiger partial charge in [-0.1, -0.05) is 6.92 Å². The number of carbonyl (C=O) groups is 1. The van der Waals surface area contributed by atoms with Gasteiger partial charge in [-0.2, -0.15) is 10.4 Å². The zero-order valence-electron chi connectivity index (χ0n) is 19.4. The number of benzene rings is 1. The SMILES string of the molecule is COc1ncc(-c2c(C#N)cc3c(N)ncnn23)cc1C(=O)C[C@H](C)c1cc(OC(F)(F)F)ccc1F. The molecule has 2 N–H and O–H groups in total. The maximum Gasteiger partial charge on any atom is 0.573 e. The third-order valence-electron chi connectivity index (χ3n) is 5.56. The Balaban J connectivity index is 1.70. The lowest BCUT2D eigenvalue weighted by Crippen LogP contribution is -2.17. The molecule has 190 valence electrons. The van der Waals surface area contributed by atoms with E-state index in [1.807, 2.05) is 6.07 Å². The van der Waals surface area contributed by atoms with Gasteiger partial charge in [-0.25, -0.2) is 18.9 Å². The number of nitrogens with two attached hydrogens (primary N) is 1. The van der Waals surface area contributed by atoms with Crippen molar-refractivity contribution in [1.29, 1.82) is 5.26 Å². The Bertz CT molecular complexity index is 1540. The number of nitrogens with zero attached hydrogens (tertiary/aromatic N) is 5. The number of Topliss-reactive ketones (excluding diaryl/α,β-unsaturated/α-hetero) is 1. The van der Waals surface area contributed by atoms with Crippen molar-refractivity contribution < 1.29 is 31.8 Å². The molecule has 0 saturated carbocycles. The number of anilines is 1. The van der Waals surface area contributed by atoms with Crippen LogP contribution < -0.4 is 15.2 Å². The van der Waals surface area contributed by atoms with E-state index < -0.39 is 29.6 Å². The first-order valence-corrected chi connectivity index (χ1v) is 10.7. The number of aromatic nitrogens is 4. The Morgan fingerprint density at radius 2 is 2.00 bits per heavy atom. The van der Waals surface area contributed by atoms with Gasteiger partial charge in [0, 0.05) is 18.2 Å². The molecular weight excluding hydrogens is 496 g/mol. The molecule has 1 aromatic carbocycles. The second-order valence-electron chi connectivity index (χ2n) is 8.00. The van der Waals surface area contributed by atoms with Crippen LogP contribution in [0.15, 0.2) is 42.9 Å². The van der Waals surface area contributed by atoms with Gasteiger partial charge in [0.25, 0.3) is 0 Å². The molecule has 9 nitrogen and oxygen atoms in total. The number of halogens is 4. The minimum atomic E-state index is -4.95. The van der Waals surface area contributed by atoms with Crippen LogP contribution in [0.5, 0.6) is 11.6 Å².